The Hall–Kier alpha value is -5.58. The third kappa shape index (κ3) is 8.71. The lowest BCUT2D eigenvalue weighted by Gasteiger charge is -2.08. The minimum absolute atomic E-state index is 0.0394. The number of carbonyl (C=O) groups excluding carboxylic acids is 2. The molecule has 50 heavy (non-hydrogen) atoms. The molecule has 0 aliphatic carbocycles. The highest BCUT2D eigenvalue weighted by Crippen LogP contribution is 2.33. The minimum Gasteiger partial charge on any atom is -0.495 e. The first kappa shape index (κ1) is 35.7. The molecule has 2 amide bonds. The largest absolute Gasteiger partial charge is 0.495 e. The van der Waals surface area contributed by atoms with Crippen molar-refractivity contribution in [3.05, 3.63) is 60.4 Å². The number of nitrogens with two attached hydrogens (primary N) is 1. The van der Waals surface area contributed by atoms with E-state index in [0.717, 1.165) is 20.9 Å². The van der Waals surface area contributed by atoms with E-state index in [2.05, 4.69) is 32.9 Å². The number of carbonyl (C=O) groups is 2. The summed E-state index contributed by atoms with van der Waals surface area (Å²) >= 11 is 2.64. The molecule has 2 aliphatic rings. The van der Waals surface area contributed by atoms with Crippen molar-refractivity contribution in [1.29, 1.82) is 15.8 Å². The highest BCUT2D eigenvalue weighted by atomic mass is 32.2. The third-order valence-electron chi connectivity index (χ3n) is 7.95. The van der Waals surface area contributed by atoms with Gasteiger partial charge in [-0.3, -0.25) is 9.59 Å². The van der Waals surface area contributed by atoms with Crippen molar-refractivity contribution in [2.45, 2.75) is 17.7 Å². The molecule has 256 valence electrons. The molecule has 0 saturated carbocycles. The van der Waals surface area contributed by atoms with Crippen molar-refractivity contribution >= 4 is 54.8 Å². The SMILES string of the molecule is COc1cc(-c2cnc(NC(=O)[C@H]3CCN(C#N)C3)s2)ccc1C#N.N#CN1CC[C@H](C(=O)Nc2ncc(-c3ccc(S(N)(=O)=O)cc3)s2)C1. The van der Waals surface area contributed by atoms with E-state index in [1.165, 1.54) is 41.9 Å². The van der Waals surface area contributed by atoms with Gasteiger partial charge in [0.15, 0.2) is 22.6 Å². The van der Waals surface area contributed by atoms with E-state index in [9.17, 15) is 18.0 Å². The van der Waals surface area contributed by atoms with Crippen LogP contribution in [-0.4, -0.2) is 73.3 Å². The summed E-state index contributed by atoms with van der Waals surface area (Å²) in [6, 6.07) is 13.5. The van der Waals surface area contributed by atoms with E-state index in [0.29, 0.717) is 60.6 Å². The number of primary sulfonamides is 1. The number of amides is 2. The molecule has 2 atom stereocenters. The second-order valence-corrected chi connectivity index (χ2v) is 14.8. The molecule has 0 bridgehead atoms. The Morgan fingerprint density at radius 2 is 1.36 bits per heavy atom. The van der Waals surface area contributed by atoms with Crippen LogP contribution in [0.4, 0.5) is 10.3 Å². The number of hydrogen-bond donors (Lipinski definition) is 3. The van der Waals surface area contributed by atoms with Gasteiger partial charge in [0.1, 0.15) is 11.8 Å². The Morgan fingerprint density at radius 1 is 0.860 bits per heavy atom. The zero-order valence-corrected chi connectivity index (χ0v) is 29.0. The number of thiazole rings is 2. The molecule has 2 saturated heterocycles. The molecule has 0 radical (unpaired) electrons. The van der Waals surface area contributed by atoms with Crippen molar-refractivity contribution in [3.8, 4) is 45.1 Å². The topological polar surface area (TPSA) is 231 Å². The Kier molecular flexibility index (Phi) is 11.3. The minimum atomic E-state index is -3.72. The smallest absolute Gasteiger partial charge is 0.238 e. The lowest BCUT2D eigenvalue weighted by Crippen LogP contribution is -2.25. The van der Waals surface area contributed by atoms with Gasteiger partial charge in [-0.15, -0.1) is 0 Å². The number of nitriles is 3. The van der Waals surface area contributed by atoms with E-state index in [4.69, 9.17) is 25.7 Å². The first-order valence-electron chi connectivity index (χ1n) is 15.1. The number of nitrogens with zero attached hydrogens (tertiary/aromatic N) is 7. The number of nitrogens with one attached hydrogen (secondary N) is 2. The van der Waals surface area contributed by atoms with Crippen LogP contribution in [0, 0.1) is 46.1 Å². The number of likely N-dealkylation sites (tertiary alicyclic amines) is 2. The predicted molar refractivity (Wildman–Crippen MR) is 186 cm³/mol. The highest BCUT2D eigenvalue weighted by molar-refractivity contribution is 7.89. The van der Waals surface area contributed by atoms with Crippen molar-refractivity contribution in [3.63, 3.8) is 0 Å². The van der Waals surface area contributed by atoms with Crippen LogP contribution in [0.2, 0.25) is 0 Å². The molecule has 18 heteroatoms. The molecule has 4 heterocycles. The van der Waals surface area contributed by atoms with Crippen LogP contribution >= 0.6 is 22.7 Å². The summed E-state index contributed by atoms with van der Waals surface area (Å²) in [5.41, 5.74) is 2.11. The van der Waals surface area contributed by atoms with Crippen LogP contribution in [-0.2, 0) is 19.6 Å². The van der Waals surface area contributed by atoms with Gasteiger partial charge in [0, 0.05) is 38.6 Å². The molecule has 2 aromatic carbocycles. The van der Waals surface area contributed by atoms with Crippen LogP contribution in [0.5, 0.6) is 5.75 Å². The summed E-state index contributed by atoms with van der Waals surface area (Å²) in [5, 5.41) is 38.4. The normalized spacial score (nSPS) is 16.7. The number of sulfonamides is 1. The first-order valence-corrected chi connectivity index (χ1v) is 18.2. The zero-order valence-electron chi connectivity index (χ0n) is 26.6. The second-order valence-electron chi connectivity index (χ2n) is 11.2. The first-order chi connectivity index (χ1) is 24.0. The maximum Gasteiger partial charge on any atom is 0.238 e. The zero-order chi connectivity index (χ0) is 35.8. The Balaban J connectivity index is 0.000000194. The van der Waals surface area contributed by atoms with E-state index < -0.39 is 10.0 Å². The summed E-state index contributed by atoms with van der Waals surface area (Å²) in [6.45, 7) is 2.08. The Bertz CT molecular complexity index is 2110. The second kappa shape index (κ2) is 15.8. The summed E-state index contributed by atoms with van der Waals surface area (Å²) in [5.74, 6) is -0.177. The van der Waals surface area contributed by atoms with E-state index in [1.807, 2.05) is 12.3 Å². The Labute approximate surface area is 296 Å². The molecular formula is C32H30N10O5S3. The molecule has 4 N–H and O–H groups in total. The van der Waals surface area contributed by atoms with Crippen LogP contribution in [0.1, 0.15) is 18.4 Å². The van der Waals surface area contributed by atoms with Gasteiger partial charge in [0.25, 0.3) is 0 Å². The molecule has 6 rings (SSSR count). The fourth-order valence-corrected chi connectivity index (χ4v) is 7.38. The molecule has 15 nitrogen and oxygen atoms in total. The van der Waals surface area contributed by atoms with E-state index >= 15 is 0 Å². The van der Waals surface area contributed by atoms with Crippen LogP contribution in [0.3, 0.4) is 0 Å². The number of aromatic nitrogens is 2. The van der Waals surface area contributed by atoms with Gasteiger partial charge in [-0.2, -0.15) is 15.8 Å². The quantitative estimate of drug-likeness (QED) is 0.221. The average molecular weight is 731 g/mol. The van der Waals surface area contributed by atoms with E-state index in [-0.39, 0.29) is 28.5 Å². The Morgan fingerprint density at radius 3 is 1.80 bits per heavy atom. The average Bonchev–Trinajstić information content (AvgIpc) is 3.95. The number of hydrogen-bond acceptors (Lipinski definition) is 14. The molecule has 4 aromatic rings. The van der Waals surface area contributed by atoms with Gasteiger partial charge in [0.05, 0.1) is 39.2 Å². The number of methoxy groups -OCH3 is 1. The summed E-state index contributed by atoms with van der Waals surface area (Å²) in [7, 11) is -2.21. The van der Waals surface area contributed by atoms with Crippen molar-refractivity contribution in [1.82, 2.24) is 19.8 Å². The lowest BCUT2D eigenvalue weighted by molar-refractivity contribution is -0.120. The molecule has 2 fully saturated rings. The van der Waals surface area contributed by atoms with Crippen molar-refractivity contribution in [2.75, 3.05) is 43.9 Å². The van der Waals surface area contributed by atoms with Crippen LogP contribution in [0.25, 0.3) is 20.9 Å². The number of anilines is 2. The number of rotatable bonds is 8. The number of benzene rings is 2. The molecule has 0 spiro atoms. The van der Waals surface area contributed by atoms with E-state index in [1.54, 1.807) is 46.5 Å². The maximum atomic E-state index is 12.3. The molecule has 2 aliphatic heterocycles. The highest BCUT2D eigenvalue weighted by Gasteiger charge is 2.29. The lowest BCUT2D eigenvalue weighted by atomic mass is 10.1. The summed E-state index contributed by atoms with van der Waals surface area (Å²) in [4.78, 5) is 37.7. The van der Waals surface area contributed by atoms with Gasteiger partial charge in [-0.25, -0.2) is 23.5 Å². The molecule has 2 aromatic heterocycles. The standard InChI is InChI=1S/C17H15N5O2S.C15H15N5O3S2/c1-24-14-6-11(2-3-12(14)7-18)15-8-20-17(25-15)21-16(23)13-4-5-22(9-13)10-19;16-9-20-6-5-11(8-20)14(21)19-15-18-7-13(24-15)10-1-3-12(4-2-10)25(17,22)23/h2-3,6,8,13H,4-5,9H2,1H3,(H,20,21,23);1-4,7,11H,5-6,8H2,(H2,17,22,23)(H,18,19,21)/t13-;11-/m00/s1. The maximum absolute atomic E-state index is 12.3. The molecular weight excluding hydrogens is 701 g/mol. The third-order valence-corrected chi connectivity index (χ3v) is 10.8. The van der Waals surface area contributed by atoms with Gasteiger partial charge in [-0.05, 0) is 48.2 Å². The fraction of sp³-hybridized carbons (Fsp3) is 0.281. The van der Waals surface area contributed by atoms with Gasteiger partial charge in [0.2, 0.25) is 21.8 Å². The molecule has 0 unspecified atom stereocenters. The van der Waals surface area contributed by atoms with Crippen molar-refractivity contribution in [2.24, 2.45) is 17.0 Å². The predicted octanol–water partition coefficient (Wildman–Crippen LogP) is 3.63. The van der Waals surface area contributed by atoms with Gasteiger partial charge >= 0.3 is 0 Å². The van der Waals surface area contributed by atoms with Gasteiger partial charge in [-0.1, -0.05) is 40.9 Å². The van der Waals surface area contributed by atoms with Crippen molar-refractivity contribution < 1.29 is 22.7 Å². The van der Waals surface area contributed by atoms with Gasteiger partial charge < -0.3 is 25.2 Å². The fourth-order valence-electron chi connectivity index (χ4n) is 5.22. The van der Waals surface area contributed by atoms with Crippen LogP contribution < -0.4 is 20.5 Å². The monoisotopic (exact) mass is 730 g/mol. The number of ether oxygens (including phenoxy) is 1. The summed E-state index contributed by atoms with van der Waals surface area (Å²) < 4.78 is 27.8. The van der Waals surface area contributed by atoms with Crippen LogP contribution in [0.15, 0.2) is 59.8 Å². The summed E-state index contributed by atoms with van der Waals surface area (Å²) in [6.07, 6.45) is 8.71.